The molecule has 3 heterocycles. The van der Waals surface area contributed by atoms with Gasteiger partial charge in [0.15, 0.2) is 0 Å². The van der Waals surface area contributed by atoms with Crippen LogP contribution in [0.25, 0.3) is 0 Å². The summed E-state index contributed by atoms with van der Waals surface area (Å²) in [6, 6.07) is 5.58. The molecule has 0 unspecified atom stereocenters. The number of hydrogen-bond acceptors (Lipinski definition) is 6. The lowest BCUT2D eigenvalue weighted by Gasteiger charge is -2.32. The maximum absolute atomic E-state index is 5.94. The number of aromatic nitrogens is 3. The van der Waals surface area contributed by atoms with Crippen molar-refractivity contribution in [2.75, 3.05) is 23.7 Å². The molecule has 2 aromatic heterocycles. The Bertz CT molecular complexity index is 555. The largest absolute Gasteiger partial charge is 0.490 e. The third-order valence-electron chi connectivity index (χ3n) is 3.39. The first kappa shape index (κ1) is 12.7. The number of nitrogens with two attached hydrogens (primary N) is 1. The fourth-order valence-corrected chi connectivity index (χ4v) is 2.35. The zero-order valence-corrected chi connectivity index (χ0v) is 11.1. The molecule has 3 rings (SSSR count). The maximum Gasteiger partial charge on any atom is 0.134 e. The topological polar surface area (TPSA) is 77.2 Å². The summed E-state index contributed by atoms with van der Waals surface area (Å²) in [7, 11) is 0. The van der Waals surface area contributed by atoms with Crippen molar-refractivity contribution in [3.63, 3.8) is 0 Å². The quantitative estimate of drug-likeness (QED) is 0.911. The first-order chi connectivity index (χ1) is 9.81. The zero-order valence-electron chi connectivity index (χ0n) is 11.1. The third-order valence-corrected chi connectivity index (χ3v) is 3.39. The van der Waals surface area contributed by atoms with E-state index in [4.69, 9.17) is 10.5 Å². The van der Waals surface area contributed by atoms with E-state index in [9.17, 15) is 0 Å². The Morgan fingerprint density at radius 3 is 2.60 bits per heavy atom. The number of ether oxygens (including phenoxy) is 1. The van der Waals surface area contributed by atoms with Crippen LogP contribution in [-0.2, 0) is 0 Å². The first-order valence-corrected chi connectivity index (χ1v) is 6.70. The van der Waals surface area contributed by atoms with Crippen LogP contribution in [0.2, 0.25) is 0 Å². The highest BCUT2D eigenvalue weighted by Crippen LogP contribution is 2.21. The van der Waals surface area contributed by atoms with Crippen molar-refractivity contribution in [1.82, 2.24) is 15.0 Å². The lowest BCUT2D eigenvalue weighted by Crippen LogP contribution is -2.38. The maximum atomic E-state index is 5.94. The van der Waals surface area contributed by atoms with Crippen molar-refractivity contribution >= 4 is 11.6 Å². The number of hydrogen-bond donors (Lipinski definition) is 1. The van der Waals surface area contributed by atoms with Gasteiger partial charge < -0.3 is 15.4 Å². The Labute approximate surface area is 117 Å². The van der Waals surface area contributed by atoms with Crippen molar-refractivity contribution < 1.29 is 4.74 Å². The van der Waals surface area contributed by atoms with E-state index in [2.05, 4.69) is 19.9 Å². The second kappa shape index (κ2) is 5.73. The van der Waals surface area contributed by atoms with E-state index in [1.165, 1.54) is 6.33 Å². The Morgan fingerprint density at radius 1 is 1.15 bits per heavy atom. The van der Waals surface area contributed by atoms with Gasteiger partial charge in [0, 0.05) is 44.4 Å². The van der Waals surface area contributed by atoms with E-state index in [1.54, 1.807) is 12.4 Å². The van der Waals surface area contributed by atoms with Gasteiger partial charge in [0.05, 0.1) is 0 Å². The Morgan fingerprint density at radius 2 is 1.90 bits per heavy atom. The molecule has 2 N–H and O–H groups in total. The van der Waals surface area contributed by atoms with Gasteiger partial charge in [0.25, 0.3) is 0 Å². The fourth-order valence-electron chi connectivity index (χ4n) is 2.35. The van der Waals surface area contributed by atoms with Crippen LogP contribution >= 0.6 is 0 Å². The van der Waals surface area contributed by atoms with E-state index in [1.807, 2.05) is 18.2 Å². The summed E-state index contributed by atoms with van der Waals surface area (Å²) >= 11 is 0. The minimum Gasteiger partial charge on any atom is -0.490 e. The molecule has 1 aliphatic heterocycles. The average Bonchev–Trinajstić information content (AvgIpc) is 2.49. The summed E-state index contributed by atoms with van der Waals surface area (Å²) < 4.78 is 5.94. The Hall–Kier alpha value is -2.37. The van der Waals surface area contributed by atoms with Crippen LogP contribution in [0.15, 0.2) is 36.9 Å². The Kier molecular flexibility index (Phi) is 3.62. The molecule has 20 heavy (non-hydrogen) atoms. The van der Waals surface area contributed by atoms with Gasteiger partial charge in [-0.05, 0) is 12.1 Å². The molecule has 2 aromatic rings. The molecule has 0 amide bonds. The van der Waals surface area contributed by atoms with Crippen LogP contribution in [0.4, 0.5) is 11.6 Å². The molecule has 6 heteroatoms. The normalized spacial score (nSPS) is 16.1. The van der Waals surface area contributed by atoms with E-state index in [-0.39, 0.29) is 6.10 Å². The molecule has 0 radical (unpaired) electrons. The van der Waals surface area contributed by atoms with Crippen LogP contribution in [0, 0.1) is 0 Å². The average molecular weight is 271 g/mol. The van der Waals surface area contributed by atoms with E-state index >= 15 is 0 Å². The molecule has 0 bridgehead atoms. The number of anilines is 2. The smallest absolute Gasteiger partial charge is 0.134 e. The van der Waals surface area contributed by atoms with Gasteiger partial charge >= 0.3 is 0 Å². The molecule has 1 fully saturated rings. The predicted octanol–water partition coefficient (Wildman–Crippen LogP) is 1.50. The summed E-state index contributed by atoms with van der Waals surface area (Å²) in [6.45, 7) is 1.82. The molecular weight excluding hydrogens is 254 g/mol. The molecular formula is C14H17N5O. The molecule has 0 aliphatic carbocycles. The molecule has 0 spiro atoms. The predicted molar refractivity (Wildman–Crippen MR) is 76.5 cm³/mol. The molecule has 0 saturated carbocycles. The summed E-state index contributed by atoms with van der Waals surface area (Å²) in [5.41, 5.74) is 5.69. The van der Waals surface area contributed by atoms with Crippen molar-refractivity contribution in [3.8, 4) is 5.75 Å². The van der Waals surface area contributed by atoms with Gasteiger partial charge in [-0.1, -0.05) is 0 Å². The highest BCUT2D eigenvalue weighted by molar-refractivity contribution is 5.46. The summed E-state index contributed by atoms with van der Waals surface area (Å²) in [5, 5.41) is 0. The third kappa shape index (κ3) is 2.96. The van der Waals surface area contributed by atoms with Gasteiger partial charge in [0.2, 0.25) is 0 Å². The highest BCUT2D eigenvalue weighted by atomic mass is 16.5. The second-order valence-corrected chi connectivity index (χ2v) is 4.79. The van der Waals surface area contributed by atoms with Crippen molar-refractivity contribution in [2.45, 2.75) is 18.9 Å². The minimum absolute atomic E-state index is 0.243. The molecule has 0 atom stereocenters. The van der Waals surface area contributed by atoms with Crippen molar-refractivity contribution in [1.29, 1.82) is 0 Å². The number of nitrogens with zero attached hydrogens (tertiary/aromatic N) is 4. The highest BCUT2D eigenvalue weighted by Gasteiger charge is 2.21. The summed E-state index contributed by atoms with van der Waals surface area (Å²) in [4.78, 5) is 14.4. The molecule has 104 valence electrons. The number of rotatable bonds is 3. The standard InChI is InChI=1S/C14H17N5O/c15-13-9-14(18-10-17-13)19-7-3-12(4-8-19)20-11-1-5-16-6-2-11/h1-2,5-6,9-10,12H,3-4,7-8H2,(H2,15,17,18). The van der Waals surface area contributed by atoms with Crippen molar-refractivity contribution in [3.05, 3.63) is 36.9 Å². The molecule has 1 aliphatic rings. The molecule has 1 saturated heterocycles. The van der Waals surface area contributed by atoms with Crippen LogP contribution in [-0.4, -0.2) is 34.1 Å². The molecule has 0 aromatic carbocycles. The van der Waals surface area contributed by atoms with Gasteiger partial charge in [-0.25, -0.2) is 9.97 Å². The van der Waals surface area contributed by atoms with Crippen LogP contribution in [0.5, 0.6) is 5.75 Å². The van der Waals surface area contributed by atoms with E-state index in [0.29, 0.717) is 5.82 Å². The van der Waals surface area contributed by atoms with Crippen LogP contribution in [0.1, 0.15) is 12.8 Å². The second-order valence-electron chi connectivity index (χ2n) is 4.79. The fraction of sp³-hybridized carbons (Fsp3) is 0.357. The van der Waals surface area contributed by atoms with Gasteiger partial charge in [-0.2, -0.15) is 0 Å². The number of piperidine rings is 1. The van der Waals surface area contributed by atoms with Crippen LogP contribution in [0.3, 0.4) is 0 Å². The van der Waals surface area contributed by atoms with Crippen molar-refractivity contribution in [2.24, 2.45) is 0 Å². The first-order valence-electron chi connectivity index (χ1n) is 6.70. The van der Waals surface area contributed by atoms with Crippen LogP contribution < -0.4 is 15.4 Å². The van der Waals surface area contributed by atoms with Gasteiger partial charge in [-0.3, -0.25) is 4.98 Å². The van der Waals surface area contributed by atoms with Gasteiger partial charge in [0.1, 0.15) is 29.8 Å². The SMILES string of the molecule is Nc1cc(N2CCC(Oc3ccncc3)CC2)ncn1. The monoisotopic (exact) mass is 271 g/mol. The lowest BCUT2D eigenvalue weighted by molar-refractivity contribution is 0.170. The lowest BCUT2D eigenvalue weighted by atomic mass is 10.1. The number of pyridine rings is 1. The van der Waals surface area contributed by atoms with E-state index in [0.717, 1.165) is 37.5 Å². The summed E-state index contributed by atoms with van der Waals surface area (Å²) in [5.74, 6) is 2.27. The number of nitrogen functional groups attached to an aromatic ring is 1. The van der Waals surface area contributed by atoms with Gasteiger partial charge in [-0.15, -0.1) is 0 Å². The molecule has 6 nitrogen and oxygen atoms in total. The zero-order chi connectivity index (χ0) is 13.8. The minimum atomic E-state index is 0.243. The Balaban J connectivity index is 1.57. The van der Waals surface area contributed by atoms with E-state index < -0.39 is 0 Å². The summed E-state index contributed by atoms with van der Waals surface area (Å²) in [6.07, 6.45) is 7.16.